The van der Waals surface area contributed by atoms with E-state index < -0.39 is 10.0 Å². The molecule has 9 heteroatoms. The van der Waals surface area contributed by atoms with Crippen molar-refractivity contribution in [3.05, 3.63) is 102 Å². The van der Waals surface area contributed by atoms with E-state index >= 15 is 0 Å². The van der Waals surface area contributed by atoms with Gasteiger partial charge in [0, 0.05) is 85.3 Å². The first-order chi connectivity index (χ1) is 22.1. The molecule has 0 saturated carbocycles. The Balaban J connectivity index is 1.30. The lowest BCUT2D eigenvalue weighted by Gasteiger charge is -2.35. The fourth-order valence-corrected chi connectivity index (χ4v) is 7.95. The van der Waals surface area contributed by atoms with Crippen molar-refractivity contribution in [3.63, 3.8) is 0 Å². The Morgan fingerprint density at radius 3 is 2.11 bits per heavy atom. The summed E-state index contributed by atoms with van der Waals surface area (Å²) in [5.41, 5.74) is 7.96. The zero-order valence-corrected chi connectivity index (χ0v) is 27.6. The molecule has 2 saturated heterocycles. The third-order valence-corrected chi connectivity index (χ3v) is 11.1. The van der Waals surface area contributed by atoms with Gasteiger partial charge >= 0.3 is 0 Å². The number of piperazine rings is 1. The van der Waals surface area contributed by atoms with E-state index in [1.807, 2.05) is 44.3 Å². The molecule has 46 heavy (non-hydrogen) atoms. The summed E-state index contributed by atoms with van der Waals surface area (Å²) in [6, 6.07) is 22.9. The van der Waals surface area contributed by atoms with Crippen molar-refractivity contribution in [1.29, 1.82) is 0 Å². The van der Waals surface area contributed by atoms with Gasteiger partial charge in [-0.3, -0.25) is 4.79 Å². The van der Waals surface area contributed by atoms with Crippen LogP contribution in [-0.2, 0) is 10.0 Å². The van der Waals surface area contributed by atoms with E-state index in [1.54, 1.807) is 36.7 Å². The summed E-state index contributed by atoms with van der Waals surface area (Å²) in [4.78, 5) is 24.9. The number of ketones is 1. The fourth-order valence-electron chi connectivity index (χ4n) is 6.63. The van der Waals surface area contributed by atoms with E-state index in [0.29, 0.717) is 11.2 Å². The van der Waals surface area contributed by atoms with Gasteiger partial charge in [-0.05, 0) is 75.0 Å². The van der Waals surface area contributed by atoms with Crippen LogP contribution in [0, 0.1) is 19.8 Å². The topological polar surface area (TPSA) is 78.8 Å². The van der Waals surface area contributed by atoms with Crippen molar-refractivity contribution in [2.45, 2.75) is 18.7 Å². The smallest absolute Gasteiger partial charge is 0.269 e. The van der Waals surface area contributed by atoms with Crippen LogP contribution in [0.4, 0.5) is 5.69 Å². The average Bonchev–Trinajstić information content (AvgIpc) is 3.43. The Labute approximate surface area is 270 Å². The van der Waals surface area contributed by atoms with Crippen molar-refractivity contribution in [3.8, 4) is 22.3 Å². The molecule has 8 nitrogen and oxygen atoms in total. The molecule has 2 aliphatic heterocycles. The number of Topliss-reactive ketones (excluding diaryl/α,β-unsaturated/α-hetero) is 1. The summed E-state index contributed by atoms with van der Waals surface area (Å²) >= 11 is 0. The van der Waals surface area contributed by atoms with Crippen LogP contribution in [0.3, 0.4) is 0 Å². The van der Waals surface area contributed by atoms with E-state index in [4.69, 9.17) is 4.98 Å². The first-order valence-corrected chi connectivity index (χ1v) is 17.2. The van der Waals surface area contributed by atoms with Gasteiger partial charge in [-0.25, -0.2) is 17.4 Å². The van der Waals surface area contributed by atoms with Crippen molar-refractivity contribution in [2.75, 3.05) is 58.3 Å². The Morgan fingerprint density at radius 1 is 0.783 bits per heavy atom. The molecule has 0 spiro atoms. The molecule has 0 aliphatic carbocycles. The molecule has 236 valence electrons. The van der Waals surface area contributed by atoms with Gasteiger partial charge in [0.1, 0.15) is 0 Å². The van der Waals surface area contributed by atoms with Crippen LogP contribution >= 0.6 is 0 Å². The molecule has 2 aliphatic rings. The molecular formula is C37H39N5O3S. The second-order valence-corrected chi connectivity index (χ2v) is 14.7. The number of hydrogen-bond acceptors (Lipinski definition) is 7. The van der Waals surface area contributed by atoms with Crippen molar-refractivity contribution in [2.24, 2.45) is 5.92 Å². The molecule has 2 fully saturated rings. The fraction of sp³-hybridized carbons (Fsp3) is 0.297. The van der Waals surface area contributed by atoms with Crippen LogP contribution in [0.25, 0.3) is 33.3 Å². The predicted molar refractivity (Wildman–Crippen MR) is 184 cm³/mol. The molecule has 4 heterocycles. The maximum absolute atomic E-state index is 14.0. The minimum absolute atomic E-state index is 0.0234. The molecule has 0 unspecified atom stereocenters. The minimum atomic E-state index is -3.92. The molecule has 3 aromatic carbocycles. The lowest BCUT2D eigenvalue weighted by atomic mass is 9.90. The Morgan fingerprint density at radius 2 is 1.46 bits per heavy atom. The Kier molecular flexibility index (Phi) is 7.79. The number of benzene rings is 3. The summed E-state index contributed by atoms with van der Waals surface area (Å²) in [7, 11) is 0.248. The molecule has 2 aromatic heterocycles. The summed E-state index contributed by atoms with van der Waals surface area (Å²) in [5, 5.41) is 0.730. The van der Waals surface area contributed by atoms with E-state index in [1.165, 1.54) is 15.2 Å². The molecule has 5 aromatic rings. The first-order valence-electron chi connectivity index (χ1n) is 15.8. The van der Waals surface area contributed by atoms with Gasteiger partial charge in [0.15, 0.2) is 11.4 Å². The highest BCUT2D eigenvalue weighted by Gasteiger charge is 2.30. The van der Waals surface area contributed by atoms with Gasteiger partial charge in [-0.1, -0.05) is 48.0 Å². The van der Waals surface area contributed by atoms with Gasteiger partial charge < -0.3 is 14.7 Å². The number of nitrogens with zero attached hydrogens (tertiary/aromatic N) is 5. The van der Waals surface area contributed by atoms with E-state index in [-0.39, 0.29) is 16.6 Å². The number of likely N-dealkylation sites (tertiary alicyclic amines) is 1. The SMILES string of the molecule is Cc1ccc(S(=O)(=O)n2cc(-c3ccc(C(=O)C4CN(C)C4)cc3)c3cc(-c4ccc(N5CCN(C)CC5)c(C)c4)cnc32)cc1. The van der Waals surface area contributed by atoms with Crippen molar-refractivity contribution in [1.82, 2.24) is 18.8 Å². The van der Waals surface area contributed by atoms with E-state index in [2.05, 4.69) is 46.9 Å². The quantitative estimate of drug-likeness (QED) is 0.212. The molecule has 0 atom stereocenters. The van der Waals surface area contributed by atoms with Crippen molar-refractivity contribution < 1.29 is 13.2 Å². The number of pyridine rings is 1. The third kappa shape index (κ3) is 5.53. The molecule has 0 N–H and O–H groups in total. The van der Waals surface area contributed by atoms with Gasteiger partial charge in [-0.15, -0.1) is 0 Å². The Bertz CT molecular complexity index is 2040. The second kappa shape index (κ2) is 11.8. The standard InChI is InChI=1S/C37H39N5O3S/c1-25-5-12-32(13-6-25)46(44,45)42-24-34(27-7-9-28(10-8-27)36(43)31-22-40(4)23-31)33-20-30(21-38-37(33)42)29-11-14-35(26(2)19-29)41-17-15-39(3)16-18-41/h5-14,19-21,24,31H,15-18,22-23H2,1-4H3. The van der Waals surface area contributed by atoms with Crippen LogP contribution in [-0.4, -0.2) is 86.3 Å². The number of aryl methyl sites for hydroxylation is 2. The molecular weight excluding hydrogens is 595 g/mol. The molecule has 7 rings (SSSR count). The number of aromatic nitrogens is 2. The summed E-state index contributed by atoms with van der Waals surface area (Å²) in [6.45, 7) is 9.70. The zero-order valence-electron chi connectivity index (χ0n) is 26.8. The van der Waals surface area contributed by atoms with Gasteiger partial charge in [0.05, 0.1) is 4.90 Å². The number of hydrogen-bond donors (Lipinski definition) is 0. The molecule has 0 amide bonds. The second-order valence-electron chi connectivity index (χ2n) is 12.9. The van der Waals surface area contributed by atoms with Crippen LogP contribution in [0.1, 0.15) is 21.5 Å². The van der Waals surface area contributed by atoms with Crippen LogP contribution in [0.2, 0.25) is 0 Å². The highest BCUT2D eigenvalue weighted by molar-refractivity contribution is 7.90. The number of carbonyl (C=O) groups is 1. The number of fused-ring (bicyclic) bond motifs is 1. The summed E-state index contributed by atoms with van der Waals surface area (Å²) in [6.07, 6.45) is 3.42. The average molecular weight is 634 g/mol. The maximum Gasteiger partial charge on any atom is 0.269 e. The minimum Gasteiger partial charge on any atom is -0.369 e. The summed E-state index contributed by atoms with van der Waals surface area (Å²) in [5.74, 6) is 0.170. The maximum atomic E-state index is 14.0. The highest BCUT2D eigenvalue weighted by Crippen LogP contribution is 2.36. The number of anilines is 1. The number of carbonyl (C=O) groups excluding carboxylic acids is 1. The number of likely N-dealkylation sites (N-methyl/N-ethyl adjacent to an activating group) is 1. The Hall–Kier alpha value is -4.31. The van der Waals surface area contributed by atoms with Crippen LogP contribution < -0.4 is 4.90 Å². The monoisotopic (exact) mass is 633 g/mol. The van der Waals surface area contributed by atoms with E-state index in [9.17, 15) is 13.2 Å². The largest absolute Gasteiger partial charge is 0.369 e. The molecule has 0 bridgehead atoms. The van der Waals surface area contributed by atoms with Crippen molar-refractivity contribution >= 4 is 32.5 Å². The normalized spacial score (nSPS) is 16.6. The predicted octanol–water partition coefficient (Wildman–Crippen LogP) is 5.72. The first kappa shape index (κ1) is 30.3. The lowest BCUT2D eigenvalue weighted by Crippen LogP contribution is -2.47. The molecule has 0 radical (unpaired) electrons. The lowest BCUT2D eigenvalue weighted by molar-refractivity contribution is 0.0702. The van der Waals surface area contributed by atoms with Gasteiger partial charge in [0.2, 0.25) is 0 Å². The van der Waals surface area contributed by atoms with Gasteiger partial charge in [-0.2, -0.15) is 0 Å². The van der Waals surface area contributed by atoms with Crippen LogP contribution in [0.15, 0.2) is 90.1 Å². The summed E-state index contributed by atoms with van der Waals surface area (Å²) < 4.78 is 29.2. The third-order valence-electron chi connectivity index (χ3n) is 9.48. The highest BCUT2D eigenvalue weighted by atomic mass is 32.2. The van der Waals surface area contributed by atoms with E-state index in [0.717, 1.165) is 72.5 Å². The van der Waals surface area contributed by atoms with Crippen LogP contribution in [0.5, 0.6) is 0 Å². The van der Waals surface area contributed by atoms with Gasteiger partial charge in [0.25, 0.3) is 10.0 Å². The number of rotatable bonds is 7. The zero-order chi connectivity index (χ0) is 32.2.